The third-order valence-electron chi connectivity index (χ3n) is 0.942. The van der Waals surface area contributed by atoms with Crippen LogP contribution in [-0.2, 0) is 0 Å². The van der Waals surface area contributed by atoms with Crippen LogP contribution in [0.5, 0.6) is 0 Å². The van der Waals surface area contributed by atoms with Gasteiger partial charge in [-0.2, -0.15) is 0 Å². The number of thiophene rings is 1. The third-order valence-corrected chi connectivity index (χ3v) is 1.97. The molecule has 1 aromatic rings. The molecule has 0 atom stereocenters. The van der Waals surface area contributed by atoms with Gasteiger partial charge in [0.15, 0.2) is 0 Å². The Kier molecular flexibility index (Phi) is 4.95. The minimum Gasteiger partial charge on any atom is -0.144 e. The molecule has 56 valence electrons. The molecule has 0 unspecified atom stereocenters. The highest BCUT2D eigenvalue weighted by Crippen LogP contribution is 2.16. The molecule has 0 aromatic carbocycles. The fraction of sp³-hybridized carbons (Fsp3) is 0.333. The number of hydrogen-bond donors (Lipinski definition) is 0. The van der Waals surface area contributed by atoms with Crippen LogP contribution in [0, 0.1) is 0 Å². The van der Waals surface area contributed by atoms with Crippen LogP contribution in [0.4, 0.5) is 0 Å². The maximum atomic E-state index is 3.81. The zero-order valence-corrected chi connectivity index (χ0v) is 7.66. The summed E-state index contributed by atoms with van der Waals surface area (Å²) in [6, 6.07) is 4.11. The molecule has 0 bridgehead atoms. The van der Waals surface area contributed by atoms with Gasteiger partial charge in [-0.25, -0.2) is 0 Å². The van der Waals surface area contributed by atoms with Crippen LogP contribution in [0.3, 0.4) is 0 Å². The van der Waals surface area contributed by atoms with Crippen molar-refractivity contribution >= 4 is 16.9 Å². The normalized spacial score (nSPS) is 7.90. The van der Waals surface area contributed by atoms with Crippen molar-refractivity contribution in [3.05, 3.63) is 29.0 Å². The fourth-order valence-corrected chi connectivity index (χ4v) is 1.18. The molecule has 0 aliphatic carbocycles. The zero-order chi connectivity index (χ0) is 7.98. The van der Waals surface area contributed by atoms with E-state index in [1.807, 2.05) is 26.8 Å². The maximum absolute atomic E-state index is 3.81. The molecule has 0 aliphatic rings. The van der Waals surface area contributed by atoms with E-state index in [9.17, 15) is 0 Å². The van der Waals surface area contributed by atoms with Crippen molar-refractivity contribution < 1.29 is 0 Å². The highest BCUT2D eigenvalue weighted by molar-refractivity contribution is 7.11. The van der Waals surface area contributed by atoms with Gasteiger partial charge in [-0.15, -0.1) is 11.3 Å². The van der Waals surface area contributed by atoms with Gasteiger partial charge in [0, 0.05) is 4.88 Å². The minimum absolute atomic E-state index is 1.15. The fourth-order valence-electron chi connectivity index (χ4n) is 0.521. The maximum Gasteiger partial charge on any atom is 0.0293 e. The predicted molar refractivity (Wildman–Crippen MR) is 50.4 cm³/mol. The van der Waals surface area contributed by atoms with Crippen LogP contribution >= 0.6 is 11.3 Å². The smallest absolute Gasteiger partial charge is 0.0293 e. The van der Waals surface area contributed by atoms with Crippen LogP contribution in [-0.4, -0.2) is 0 Å². The zero-order valence-electron chi connectivity index (χ0n) is 6.85. The number of rotatable bonds is 1. The van der Waals surface area contributed by atoms with Crippen molar-refractivity contribution in [3.63, 3.8) is 0 Å². The summed E-state index contributed by atoms with van der Waals surface area (Å²) in [6.07, 6.45) is 0. The van der Waals surface area contributed by atoms with Gasteiger partial charge in [0.05, 0.1) is 0 Å². The lowest BCUT2D eigenvalue weighted by Crippen LogP contribution is -1.61. The first kappa shape index (κ1) is 9.44. The molecular formula is C9H14S. The van der Waals surface area contributed by atoms with Gasteiger partial charge >= 0.3 is 0 Å². The van der Waals surface area contributed by atoms with Crippen molar-refractivity contribution in [2.45, 2.75) is 20.8 Å². The van der Waals surface area contributed by atoms with Gasteiger partial charge in [0.25, 0.3) is 0 Å². The molecule has 0 radical (unpaired) electrons. The van der Waals surface area contributed by atoms with E-state index in [0.717, 1.165) is 5.57 Å². The Balaban J connectivity index is 0.000000371. The van der Waals surface area contributed by atoms with E-state index in [-0.39, 0.29) is 0 Å². The van der Waals surface area contributed by atoms with Gasteiger partial charge in [-0.1, -0.05) is 26.5 Å². The number of allylic oxidation sites excluding steroid dienone is 1. The van der Waals surface area contributed by atoms with E-state index in [1.165, 1.54) is 4.88 Å². The van der Waals surface area contributed by atoms with E-state index in [1.54, 1.807) is 11.3 Å². The second-order valence-electron chi connectivity index (χ2n) is 1.76. The van der Waals surface area contributed by atoms with Crippen molar-refractivity contribution in [1.29, 1.82) is 0 Å². The first-order valence-electron chi connectivity index (χ1n) is 3.50. The van der Waals surface area contributed by atoms with E-state index >= 15 is 0 Å². The Morgan fingerprint density at radius 2 is 2.10 bits per heavy atom. The second-order valence-corrected chi connectivity index (χ2v) is 2.71. The van der Waals surface area contributed by atoms with E-state index < -0.39 is 0 Å². The highest BCUT2D eigenvalue weighted by atomic mass is 32.1. The average Bonchev–Trinajstić information content (AvgIpc) is 2.42. The van der Waals surface area contributed by atoms with Crippen molar-refractivity contribution in [2.24, 2.45) is 0 Å². The van der Waals surface area contributed by atoms with Crippen LogP contribution < -0.4 is 0 Å². The molecule has 0 aliphatic heterocycles. The highest BCUT2D eigenvalue weighted by Gasteiger charge is 1.88. The second kappa shape index (κ2) is 5.24. The lowest BCUT2D eigenvalue weighted by Gasteiger charge is -1.86. The summed E-state index contributed by atoms with van der Waals surface area (Å²) in [6.45, 7) is 9.83. The average molecular weight is 154 g/mol. The quantitative estimate of drug-likeness (QED) is 0.577. The molecular weight excluding hydrogens is 140 g/mol. The topological polar surface area (TPSA) is 0 Å². The Bertz CT molecular complexity index is 173. The van der Waals surface area contributed by atoms with Crippen molar-refractivity contribution in [3.8, 4) is 0 Å². The summed E-state index contributed by atoms with van der Waals surface area (Å²) in [5.74, 6) is 0. The van der Waals surface area contributed by atoms with Crippen molar-refractivity contribution in [1.82, 2.24) is 0 Å². The van der Waals surface area contributed by atoms with E-state index in [4.69, 9.17) is 0 Å². The molecule has 0 saturated carbocycles. The Morgan fingerprint density at radius 1 is 1.50 bits per heavy atom. The summed E-state index contributed by atoms with van der Waals surface area (Å²) in [4.78, 5) is 1.28. The van der Waals surface area contributed by atoms with Gasteiger partial charge in [-0.05, 0) is 23.9 Å². The molecule has 1 heteroatoms. The molecule has 0 saturated heterocycles. The molecule has 1 rings (SSSR count). The summed E-state index contributed by atoms with van der Waals surface area (Å²) in [5.41, 5.74) is 1.15. The van der Waals surface area contributed by atoms with Gasteiger partial charge in [-0.3, -0.25) is 0 Å². The number of hydrogen-bond acceptors (Lipinski definition) is 1. The summed E-state index contributed by atoms with van der Waals surface area (Å²) < 4.78 is 0. The van der Waals surface area contributed by atoms with Crippen LogP contribution in [0.2, 0.25) is 0 Å². The summed E-state index contributed by atoms with van der Waals surface area (Å²) in [5, 5.41) is 2.06. The third kappa shape index (κ3) is 2.83. The first-order valence-corrected chi connectivity index (χ1v) is 4.38. The van der Waals surface area contributed by atoms with Crippen LogP contribution in [0.25, 0.3) is 5.57 Å². The summed E-state index contributed by atoms with van der Waals surface area (Å²) in [7, 11) is 0. The monoisotopic (exact) mass is 154 g/mol. The van der Waals surface area contributed by atoms with Gasteiger partial charge in [0.2, 0.25) is 0 Å². The Labute approximate surface area is 67.2 Å². The lowest BCUT2D eigenvalue weighted by atomic mass is 10.3. The SMILES string of the molecule is C=C(C)c1cccs1.CC. The van der Waals surface area contributed by atoms with Gasteiger partial charge < -0.3 is 0 Å². The largest absolute Gasteiger partial charge is 0.144 e. The van der Waals surface area contributed by atoms with E-state index in [0.29, 0.717) is 0 Å². The standard InChI is InChI=1S/C7H8S.C2H6/c1-6(2)7-4-3-5-8-7;1-2/h3-5H,1H2,2H3;1-2H3. The Hall–Kier alpha value is -0.560. The molecule has 0 spiro atoms. The molecule has 0 amide bonds. The molecule has 1 aromatic heterocycles. The predicted octanol–water partition coefficient (Wildman–Crippen LogP) is 3.81. The van der Waals surface area contributed by atoms with Gasteiger partial charge in [0.1, 0.15) is 0 Å². The molecule has 0 nitrogen and oxygen atoms in total. The van der Waals surface area contributed by atoms with Crippen LogP contribution in [0.15, 0.2) is 24.1 Å². The molecule has 0 N–H and O–H groups in total. The lowest BCUT2D eigenvalue weighted by molar-refractivity contribution is 1.50. The molecule has 10 heavy (non-hydrogen) atoms. The van der Waals surface area contributed by atoms with E-state index in [2.05, 4.69) is 18.0 Å². The Morgan fingerprint density at radius 3 is 2.30 bits per heavy atom. The minimum atomic E-state index is 1.15. The molecule has 0 fully saturated rings. The summed E-state index contributed by atoms with van der Waals surface area (Å²) >= 11 is 1.73. The van der Waals surface area contributed by atoms with Crippen molar-refractivity contribution in [2.75, 3.05) is 0 Å². The first-order chi connectivity index (χ1) is 4.80. The molecule has 1 heterocycles. The van der Waals surface area contributed by atoms with Crippen LogP contribution in [0.1, 0.15) is 25.6 Å².